The second-order valence-corrected chi connectivity index (χ2v) is 11.9. The molecule has 0 aliphatic carbocycles. The second-order valence-electron chi connectivity index (χ2n) is 11.9. The van der Waals surface area contributed by atoms with Gasteiger partial charge in [-0.2, -0.15) is 0 Å². The van der Waals surface area contributed by atoms with Gasteiger partial charge in [0.2, 0.25) is 0 Å². The summed E-state index contributed by atoms with van der Waals surface area (Å²) in [5, 5.41) is 7.55. The van der Waals surface area contributed by atoms with Gasteiger partial charge in [0.05, 0.1) is 0 Å². The van der Waals surface area contributed by atoms with Crippen LogP contribution in [0.25, 0.3) is 87.9 Å². The van der Waals surface area contributed by atoms with Gasteiger partial charge in [0.1, 0.15) is 0 Å². The third-order valence-electron chi connectivity index (χ3n) is 9.18. The second kappa shape index (κ2) is 10.4. The summed E-state index contributed by atoms with van der Waals surface area (Å²) in [6.07, 6.45) is 0. The lowest BCUT2D eigenvalue weighted by molar-refractivity contribution is 1.54. The van der Waals surface area contributed by atoms with E-state index < -0.39 is 0 Å². The van der Waals surface area contributed by atoms with Gasteiger partial charge in [0.15, 0.2) is 0 Å². The number of hydrogen-bond acceptors (Lipinski definition) is 0. The van der Waals surface area contributed by atoms with Gasteiger partial charge < -0.3 is 4.98 Å². The summed E-state index contributed by atoms with van der Waals surface area (Å²) >= 11 is 0. The molecule has 0 saturated carbocycles. The summed E-state index contributed by atoms with van der Waals surface area (Å²) in [4.78, 5) is 3.60. The molecule has 8 aromatic carbocycles. The van der Waals surface area contributed by atoms with Crippen molar-refractivity contribution in [3.63, 3.8) is 0 Å². The molecule has 1 heteroatoms. The van der Waals surface area contributed by atoms with Crippen LogP contribution in [-0.2, 0) is 0 Å². The largest absolute Gasteiger partial charge is 0.355 e. The first-order valence-electron chi connectivity index (χ1n) is 15.5. The topological polar surface area (TPSA) is 15.8 Å². The van der Waals surface area contributed by atoms with Crippen LogP contribution in [0.15, 0.2) is 170 Å². The normalized spacial score (nSPS) is 11.6. The van der Waals surface area contributed by atoms with Gasteiger partial charge in [-0.25, -0.2) is 0 Å². The van der Waals surface area contributed by atoms with E-state index in [2.05, 4.69) is 175 Å². The SMILES string of the molecule is c1ccc(-c2ccc3[nH]c4ccc(-c5ccc(-c6ccc7cc(-c8ccc9ccccc9c8)ccc7c6)cc5)cc4c3c2)cc1. The fourth-order valence-electron chi connectivity index (χ4n) is 6.72. The number of fused-ring (bicyclic) bond motifs is 5. The van der Waals surface area contributed by atoms with E-state index in [-0.39, 0.29) is 0 Å². The minimum atomic E-state index is 1.16. The highest BCUT2D eigenvalue weighted by atomic mass is 14.7. The van der Waals surface area contributed by atoms with Crippen LogP contribution < -0.4 is 0 Å². The van der Waals surface area contributed by atoms with Crippen molar-refractivity contribution in [3.8, 4) is 44.5 Å². The molecule has 0 fully saturated rings. The fraction of sp³-hybridized carbons (Fsp3) is 0. The quantitative estimate of drug-likeness (QED) is 0.216. The lowest BCUT2D eigenvalue weighted by atomic mass is 9.95. The number of aromatic nitrogens is 1. The molecule has 1 N–H and O–H groups in total. The van der Waals surface area contributed by atoms with Gasteiger partial charge in [-0.05, 0) is 109 Å². The van der Waals surface area contributed by atoms with E-state index in [4.69, 9.17) is 0 Å². The molecule has 210 valence electrons. The summed E-state index contributed by atoms with van der Waals surface area (Å²) < 4.78 is 0. The number of H-pyrrole nitrogens is 1. The van der Waals surface area contributed by atoms with Gasteiger partial charge in [0.25, 0.3) is 0 Å². The van der Waals surface area contributed by atoms with E-state index in [9.17, 15) is 0 Å². The summed E-state index contributed by atoms with van der Waals surface area (Å²) in [5.74, 6) is 0. The summed E-state index contributed by atoms with van der Waals surface area (Å²) in [5.41, 5.74) is 12.2. The van der Waals surface area contributed by atoms with Crippen LogP contribution in [0.1, 0.15) is 0 Å². The highest BCUT2D eigenvalue weighted by molar-refractivity contribution is 6.09. The fourth-order valence-corrected chi connectivity index (χ4v) is 6.72. The summed E-state index contributed by atoms with van der Waals surface area (Å²) in [6.45, 7) is 0. The predicted molar refractivity (Wildman–Crippen MR) is 193 cm³/mol. The Hall–Kier alpha value is -5.92. The molecule has 0 amide bonds. The van der Waals surface area contributed by atoms with Crippen LogP contribution in [0.5, 0.6) is 0 Å². The molecule has 0 aliphatic rings. The molecule has 0 spiro atoms. The van der Waals surface area contributed by atoms with Gasteiger partial charge >= 0.3 is 0 Å². The van der Waals surface area contributed by atoms with E-state index in [1.807, 2.05) is 0 Å². The van der Waals surface area contributed by atoms with E-state index in [1.54, 1.807) is 0 Å². The maximum atomic E-state index is 3.60. The Bertz CT molecular complexity index is 2520. The molecule has 0 bridgehead atoms. The van der Waals surface area contributed by atoms with Gasteiger partial charge in [0, 0.05) is 21.8 Å². The number of rotatable bonds is 4. The van der Waals surface area contributed by atoms with Crippen molar-refractivity contribution in [2.75, 3.05) is 0 Å². The van der Waals surface area contributed by atoms with E-state index in [1.165, 1.54) is 76.8 Å². The van der Waals surface area contributed by atoms with Crippen molar-refractivity contribution in [3.05, 3.63) is 170 Å². The molecule has 1 nitrogen and oxygen atoms in total. The van der Waals surface area contributed by atoms with E-state index >= 15 is 0 Å². The van der Waals surface area contributed by atoms with E-state index in [0.717, 1.165) is 11.0 Å². The lowest BCUT2D eigenvalue weighted by Gasteiger charge is -2.09. The molecule has 0 atom stereocenters. The highest BCUT2D eigenvalue weighted by Gasteiger charge is 2.09. The van der Waals surface area contributed by atoms with Crippen LogP contribution in [0.3, 0.4) is 0 Å². The summed E-state index contributed by atoms with van der Waals surface area (Å²) in [6, 6.07) is 61.8. The van der Waals surface area contributed by atoms with Crippen molar-refractivity contribution in [1.29, 1.82) is 0 Å². The average Bonchev–Trinajstić information content (AvgIpc) is 3.49. The molecular formula is C44H29N. The van der Waals surface area contributed by atoms with Gasteiger partial charge in [-0.1, -0.05) is 127 Å². The van der Waals surface area contributed by atoms with Crippen molar-refractivity contribution < 1.29 is 0 Å². The monoisotopic (exact) mass is 571 g/mol. The number of hydrogen-bond donors (Lipinski definition) is 1. The van der Waals surface area contributed by atoms with Crippen LogP contribution in [0.2, 0.25) is 0 Å². The van der Waals surface area contributed by atoms with Gasteiger partial charge in [-0.15, -0.1) is 0 Å². The Morgan fingerprint density at radius 3 is 1.16 bits per heavy atom. The molecular weight excluding hydrogens is 542 g/mol. The lowest BCUT2D eigenvalue weighted by Crippen LogP contribution is -1.83. The number of aromatic amines is 1. The van der Waals surface area contributed by atoms with Crippen molar-refractivity contribution in [1.82, 2.24) is 4.98 Å². The van der Waals surface area contributed by atoms with Crippen LogP contribution in [-0.4, -0.2) is 4.98 Å². The van der Waals surface area contributed by atoms with Gasteiger partial charge in [-0.3, -0.25) is 0 Å². The van der Waals surface area contributed by atoms with Crippen LogP contribution in [0.4, 0.5) is 0 Å². The first-order chi connectivity index (χ1) is 22.2. The van der Waals surface area contributed by atoms with Crippen LogP contribution >= 0.6 is 0 Å². The molecule has 45 heavy (non-hydrogen) atoms. The van der Waals surface area contributed by atoms with Crippen LogP contribution in [0, 0.1) is 0 Å². The highest BCUT2D eigenvalue weighted by Crippen LogP contribution is 2.35. The summed E-state index contributed by atoms with van der Waals surface area (Å²) in [7, 11) is 0. The van der Waals surface area contributed by atoms with Crippen molar-refractivity contribution >= 4 is 43.4 Å². The maximum absolute atomic E-state index is 3.60. The first kappa shape index (κ1) is 25.6. The van der Waals surface area contributed by atoms with Crippen molar-refractivity contribution in [2.24, 2.45) is 0 Å². The molecule has 9 rings (SSSR count). The molecule has 0 radical (unpaired) electrons. The zero-order valence-electron chi connectivity index (χ0n) is 24.7. The van der Waals surface area contributed by atoms with E-state index in [0.29, 0.717) is 0 Å². The molecule has 1 aromatic heterocycles. The zero-order chi connectivity index (χ0) is 29.7. The Balaban J connectivity index is 1.02. The molecule has 0 saturated heterocycles. The Morgan fingerprint density at radius 1 is 0.244 bits per heavy atom. The average molecular weight is 572 g/mol. The standard InChI is InChI=1S/C44H29N/c1-2-6-29(7-3-1)39-20-22-43-41(27-39)42-28-40(21-23-44(42)45-43)32-12-10-31(11-13-32)34-16-17-37-26-38(19-18-36(37)25-34)35-15-14-30-8-4-5-9-33(30)24-35/h1-28,45H. The third-order valence-corrected chi connectivity index (χ3v) is 9.18. The smallest absolute Gasteiger partial charge is 0.0465 e. The third kappa shape index (κ3) is 4.58. The number of nitrogens with one attached hydrogen (secondary N) is 1. The molecule has 9 aromatic rings. The minimum absolute atomic E-state index is 1.16. The Morgan fingerprint density at radius 2 is 0.600 bits per heavy atom. The molecule has 0 aliphatic heterocycles. The predicted octanol–water partition coefficient (Wildman–Crippen LogP) is 12.3. The Labute approximate surface area is 262 Å². The van der Waals surface area contributed by atoms with Crippen molar-refractivity contribution in [2.45, 2.75) is 0 Å². The molecule has 0 unspecified atom stereocenters. The zero-order valence-corrected chi connectivity index (χ0v) is 24.7. The number of benzene rings is 8. The first-order valence-corrected chi connectivity index (χ1v) is 15.5. The Kier molecular flexibility index (Phi) is 5.89. The maximum Gasteiger partial charge on any atom is 0.0465 e. The molecule has 1 heterocycles. The minimum Gasteiger partial charge on any atom is -0.355 e.